The Hall–Kier alpha value is -1.91. The number of nitrogens with two attached hydrogens (primary N) is 1. The Labute approximate surface area is 107 Å². The van der Waals surface area contributed by atoms with Crippen LogP contribution in [-0.2, 0) is 6.42 Å². The summed E-state index contributed by atoms with van der Waals surface area (Å²) >= 11 is 0. The number of ether oxygens (including phenoxy) is 1. The van der Waals surface area contributed by atoms with Crippen molar-refractivity contribution < 1.29 is 4.74 Å². The van der Waals surface area contributed by atoms with Crippen LogP contribution in [-0.4, -0.2) is 12.1 Å². The van der Waals surface area contributed by atoms with Crippen LogP contribution < -0.4 is 16.0 Å². The molecule has 0 aliphatic heterocycles. The number of benzene rings is 1. The highest BCUT2D eigenvalue weighted by Gasteiger charge is 2.10. The topological polar surface area (TPSA) is 60.2 Å². The maximum Gasteiger partial charge on any atom is 0.118 e. The zero-order chi connectivity index (χ0) is 12.8. The molecule has 1 aromatic carbocycles. The molecule has 1 atom stereocenters. The van der Waals surface area contributed by atoms with Crippen LogP contribution in [0.4, 0.5) is 0 Å². The number of aromatic nitrogens is 1. The van der Waals surface area contributed by atoms with Crippen LogP contribution in [0.5, 0.6) is 5.75 Å². The van der Waals surface area contributed by atoms with Gasteiger partial charge in [-0.3, -0.25) is 16.3 Å². The van der Waals surface area contributed by atoms with E-state index in [4.69, 9.17) is 10.6 Å². The molecule has 2 aromatic rings. The summed E-state index contributed by atoms with van der Waals surface area (Å²) < 4.78 is 5.13. The van der Waals surface area contributed by atoms with Crippen LogP contribution in [0.1, 0.15) is 17.2 Å². The third-order valence-corrected chi connectivity index (χ3v) is 2.89. The number of nitrogens with zero attached hydrogens (tertiary/aromatic N) is 1. The highest BCUT2D eigenvalue weighted by atomic mass is 16.5. The molecule has 1 unspecified atom stereocenters. The molecule has 0 bridgehead atoms. The van der Waals surface area contributed by atoms with E-state index in [1.165, 1.54) is 5.56 Å². The van der Waals surface area contributed by atoms with Crippen LogP contribution in [0, 0.1) is 0 Å². The first-order valence-electron chi connectivity index (χ1n) is 5.82. The van der Waals surface area contributed by atoms with Gasteiger partial charge in [0.25, 0.3) is 0 Å². The van der Waals surface area contributed by atoms with E-state index in [1.807, 2.05) is 42.6 Å². The number of hydrogen-bond donors (Lipinski definition) is 2. The predicted molar refractivity (Wildman–Crippen MR) is 71.0 cm³/mol. The van der Waals surface area contributed by atoms with Gasteiger partial charge in [0.05, 0.1) is 13.2 Å². The molecule has 0 fully saturated rings. The maximum absolute atomic E-state index is 5.61. The lowest BCUT2D eigenvalue weighted by molar-refractivity contribution is 0.414. The molecule has 0 amide bonds. The Bertz CT molecular complexity index is 470. The summed E-state index contributed by atoms with van der Waals surface area (Å²) in [4.78, 5) is 4.11. The number of nitrogens with one attached hydrogen (secondary N) is 1. The SMILES string of the molecule is COc1ccc(CC(NN)c2cccnc2)cc1. The quantitative estimate of drug-likeness (QED) is 0.621. The normalized spacial score (nSPS) is 12.1. The number of pyridine rings is 1. The molecular formula is C14H17N3O. The molecule has 0 saturated carbocycles. The summed E-state index contributed by atoms with van der Waals surface area (Å²) in [6, 6.07) is 12.0. The molecular weight excluding hydrogens is 226 g/mol. The van der Waals surface area contributed by atoms with Crippen LogP contribution in [0.3, 0.4) is 0 Å². The van der Waals surface area contributed by atoms with Crippen molar-refractivity contribution in [3.05, 3.63) is 59.9 Å². The summed E-state index contributed by atoms with van der Waals surface area (Å²) in [5.41, 5.74) is 5.10. The Morgan fingerprint density at radius 1 is 1.28 bits per heavy atom. The van der Waals surface area contributed by atoms with Gasteiger partial charge in [0.15, 0.2) is 0 Å². The fourth-order valence-electron chi connectivity index (χ4n) is 1.85. The highest BCUT2D eigenvalue weighted by Crippen LogP contribution is 2.18. The van der Waals surface area contributed by atoms with Gasteiger partial charge in [-0.15, -0.1) is 0 Å². The van der Waals surface area contributed by atoms with E-state index in [2.05, 4.69) is 10.4 Å². The van der Waals surface area contributed by atoms with Gasteiger partial charge in [0.1, 0.15) is 5.75 Å². The fraction of sp³-hybridized carbons (Fsp3) is 0.214. The smallest absolute Gasteiger partial charge is 0.118 e. The van der Waals surface area contributed by atoms with E-state index in [9.17, 15) is 0 Å². The second-order valence-electron chi connectivity index (χ2n) is 4.06. The Kier molecular flexibility index (Phi) is 4.28. The van der Waals surface area contributed by atoms with E-state index >= 15 is 0 Å². The Balaban J connectivity index is 2.10. The fourth-order valence-corrected chi connectivity index (χ4v) is 1.85. The average molecular weight is 243 g/mol. The molecule has 0 radical (unpaired) electrons. The summed E-state index contributed by atoms with van der Waals surface area (Å²) in [7, 11) is 1.66. The molecule has 4 heteroatoms. The minimum atomic E-state index is 0.0621. The number of hydrazine groups is 1. The highest BCUT2D eigenvalue weighted by molar-refractivity contribution is 5.28. The molecule has 1 aromatic heterocycles. The van der Waals surface area contributed by atoms with Gasteiger partial charge in [-0.05, 0) is 35.7 Å². The Morgan fingerprint density at radius 2 is 2.06 bits per heavy atom. The van der Waals surface area contributed by atoms with Crippen molar-refractivity contribution in [2.75, 3.05) is 7.11 Å². The van der Waals surface area contributed by atoms with Crippen molar-refractivity contribution in [2.24, 2.45) is 5.84 Å². The van der Waals surface area contributed by atoms with E-state index < -0.39 is 0 Å². The molecule has 4 nitrogen and oxygen atoms in total. The minimum absolute atomic E-state index is 0.0621. The molecule has 0 spiro atoms. The summed E-state index contributed by atoms with van der Waals surface area (Å²) in [6.45, 7) is 0. The predicted octanol–water partition coefficient (Wildman–Crippen LogP) is 1.84. The molecule has 94 valence electrons. The van der Waals surface area contributed by atoms with E-state index in [0.717, 1.165) is 17.7 Å². The number of methoxy groups -OCH3 is 1. The average Bonchev–Trinajstić information content (AvgIpc) is 2.46. The van der Waals surface area contributed by atoms with E-state index in [-0.39, 0.29) is 6.04 Å². The van der Waals surface area contributed by atoms with Gasteiger partial charge in [0, 0.05) is 12.4 Å². The summed E-state index contributed by atoms with van der Waals surface area (Å²) in [5, 5.41) is 0. The summed E-state index contributed by atoms with van der Waals surface area (Å²) in [6.07, 6.45) is 4.39. The van der Waals surface area contributed by atoms with E-state index in [0.29, 0.717) is 0 Å². The van der Waals surface area contributed by atoms with Crippen LogP contribution >= 0.6 is 0 Å². The lowest BCUT2D eigenvalue weighted by Gasteiger charge is -2.16. The van der Waals surface area contributed by atoms with Crippen molar-refractivity contribution in [3.63, 3.8) is 0 Å². The van der Waals surface area contributed by atoms with Crippen LogP contribution in [0.15, 0.2) is 48.8 Å². The molecule has 0 aliphatic rings. The second kappa shape index (κ2) is 6.14. The van der Waals surface area contributed by atoms with Gasteiger partial charge < -0.3 is 4.74 Å². The Morgan fingerprint density at radius 3 is 2.61 bits per heavy atom. The first kappa shape index (κ1) is 12.5. The van der Waals surface area contributed by atoms with Crippen molar-refractivity contribution in [2.45, 2.75) is 12.5 Å². The largest absolute Gasteiger partial charge is 0.497 e. The lowest BCUT2D eigenvalue weighted by Crippen LogP contribution is -2.29. The third-order valence-electron chi connectivity index (χ3n) is 2.89. The van der Waals surface area contributed by atoms with Crippen molar-refractivity contribution in [3.8, 4) is 5.75 Å². The first-order valence-corrected chi connectivity index (χ1v) is 5.82. The number of hydrogen-bond acceptors (Lipinski definition) is 4. The van der Waals surface area contributed by atoms with Crippen LogP contribution in [0.2, 0.25) is 0 Å². The van der Waals surface area contributed by atoms with E-state index in [1.54, 1.807) is 13.3 Å². The molecule has 0 saturated heterocycles. The van der Waals surface area contributed by atoms with Gasteiger partial charge in [-0.2, -0.15) is 0 Å². The molecule has 3 N–H and O–H groups in total. The summed E-state index contributed by atoms with van der Waals surface area (Å²) in [5.74, 6) is 6.46. The molecule has 0 aliphatic carbocycles. The van der Waals surface area contributed by atoms with Gasteiger partial charge in [0.2, 0.25) is 0 Å². The zero-order valence-corrected chi connectivity index (χ0v) is 10.3. The lowest BCUT2D eigenvalue weighted by atomic mass is 10.0. The monoisotopic (exact) mass is 243 g/mol. The van der Waals surface area contributed by atoms with Crippen molar-refractivity contribution in [1.29, 1.82) is 0 Å². The van der Waals surface area contributed by atoms with Gasteiger partial charge >= 0.3 is 0 Å². The standard InChI is InChI=1S/C14H17N3O/c1-18-13-6-4-11(5-7-13)9-14(17-15)12-3-2-8-16-10-12/h2-8,10,14,17H,9,15H2,1H3. The zero-order valence-electron chi connectivity index (χ0n) is 10.3. The maximum atomic E-state index is 5.61. The van der Waals surface area contributed by atoms with Gasteiger partial charge in [-0.1, -0.05) is 18.2 Å². The molecule has 18 heavy (non-hydrogen) atoms. The number of rotatable bonds is 5. The second-order valence-corrected chi connectivity index (χ2v) is 4.06. The molecule has 2 rings (SSSR count). The minimum Gasteiger partial charge on any atom is -0.497 e. The van der Waals surface area contributed by atoms with Gasteiger partial charge in [-0.25, -0.2) is 0 Å². The van der Waals surface area contributed by atoms with Crippen molar-refractivity contribution in [1.82, 2.24) is 10.4 Å². The molecule has 1 heterocycles. The van der Waals surface area contributed by atoms with Crippen LogP contribution in [0.25, 0.3) is 0 Å². The first-order chi connectivity index (χ1) is 8.83. The third kappa shape index (κ3) is 3.06. The van der Waals surface area contributed by atoms with Crippen molar-refractivity contribution >= 4 is 0 Å².